The highest BCUT2D eigenvalue weighted by Crippen LogP contribution is 2.11. The summed E-state index contributed by atoms with van der Waals surface area (Å²) in [6, 6.07) is 8.42. The van der Waals surface area contributed by atoms with Crippen LogP contribution in [0.15, 0.2) is 24.3 Å². The number of anilines is 1. The average Bonchev–Trinajstić information content (AvgIpc) is 2.83. The molecule has 0 saturated carbocycles. The van der Waals surface area contributed by atoms with E-state index in [0.29, 0.717) is 12.4 Å². The zero-order valence-electron chi connectivity index (χ0n) is 10.0. The van der Waals surface area contributed by atoms with E-state index >= 15 is 0 Å². The summed E-state index contributed by atoms with van der Waals surface area (Å²) in [5.74, 6) is 0.676. The van der Waals surface area contributed by atoms with E-state index in [4.69, 9.17) is 0 Å². The summed E-state index contributed by atoms with van der Waals surface area (Å²) in [7, 11) is 4.06. The number of rotatable bonds is 5. The van der Waals surface area contributed by atoms with E-state index in [1.54, 1.807) is 0 Å². The molecule has 2 rings (SSSR count). The minimum absolute atomic E-state index is 0.617. The summed E-state index contributed by atoms with van der Waals surface area (Å²) < 4.78 is 0. The molecule has 90 valence electrons. The van der Waals surface area contributed by atoms with E-state index < -0.39 is 0 Å². The van der Waals surface area contributed by atoms with Gasteiger partial charge < -0.3 is 10.2 Å². The molecule has 0 aliphatic heterocycles. The van der Waals surface area contributed by atoms with Gasteiger partial charge in [-0.05, 0) is 17.7 Å². The van der Waals surface area contributed by atoms with E-state index in [9.17, 15) is 0 Å². The standard InChI is InChI=1S/C11H16N6/c1-17(2)10-5-3-9(4-6-10)7-12-8-11-13-15-16-14-11/h3-6,12H,7-8H2,1-2H3,(H,13,14,15,16). The van der Waals surface area contributed by atoms with Gasteiger partial charge >= 0.3 is 0 Å². The van der Waals surface area contributed by atoms with E-state index in [1.807, 2.05) is 14.1 Å². The number of aromatic amines is 1. The molecular weight excluding hydrogens is 216 g/mol. The molecular formula is C11H16N6. The van der Waals surface area contributed by atoms with Gasteiger partial charge in [-0.3, -0.25) is 0 Å². The van der Waals surface area contributed by atoms with Crippen LogP contribution in [0.1, 0.15) is 11.4 Å². The highest BCUT2D eigenvalue weighted by atomic mass is 15.5. The van der Waals surface area contributed by atoms with E-state index in [1.165, 1.54) is 11.3 Å². The Bertz CT molecular complexity index is 433. The number of nitrogens with one attached hydrogen (secondary N) is 2. The van der Waals surface area contributed by atoms with Crippen molar-refractivity contribution in [3.8, 4) is 0 Å². The first-order valence-electron chi connectivity index (χ1n) is 5.45. The van der Waals surface area contributed by atoms with Crippen molar-refractivity contribution in [2.45, 2.75) is 13.1 Å². The van der Waals surface area contributed by atoms with Gasteiger partial charge in [-0.1, -0.05) is 17.3 Å². The zero-order valence-corrected chi connectivity index (χ0v) is 10.0. The van der Waals surface area contributed by atoms with Gasteiger partial charge in [0.15, 0.2) is 5.82 Å². The Kier molecular flexibility index (Phi) is 3.66. The lowest BCUT2D eigenvalue weighted by Gasteiger charge is -2.12. The summed E-state index contributed by atoms with van der Waals surface area (Å²) in [5, 5.41) is 16.9. The molecule has 0 atom stereocenters. The zero-order chi connectivity index (χ0) is 12.1. The first kappa shape index (κ1) is 11.5. The minimum atomic E-state index is 0.617. The van der Waals surface area contributed by atoms with Gasteiger partial charge in [0.05, 0.1) is 6.54 Å². The Morgan fingerprint density at radius 3 is 2.53 bits per heavy atom. The van der Waals surface area contributed by atoms with Crippen molar-refractivity contribution in [3.63, 3.8) is 0 Å². The lowest BCUT2D eigenvalue weighted by atomic mass is 10.2. The summed E-state index contributed by atoms with van der Waals surface area (Å²) in [4.78, 5) is 2.08. The van der Waals surface area contributed by atoms with Gasteiger partial charge in [0, 0.05) is 26.3 Å². The molecule has 0 unspecified atom stereocenters. The predicted octanol–water partition coefficient (Wildman–Crippen LogP) is 0.555. The molecule has 0 radical (unpaired) electrons. The van der Waals surface area contributed by atoms with Crippen molar-refractivity contribution in [1.29, 1.82) is 0 Å². The Labute approximate surface area is 100 Å². The first-order chi connectivity index (χ1) is 8.25. The van der Waals surface area contributed by atoms with Crippen molar-refractivity contribution in [3.05, 3.63) is 35.7 Å². The fourth-order valence-corrected chi connectivity index (χ4v) is 1.49. The van der Waals surface area contributed by atoms with E-state index in [0.717, 1.165) is 6.54 Å². The summed E-state index contributed by atoms with van der Waals surface area (Å²) >= 11 is 0. The SMILES string of the molecule is CN(C)c1ccc(CNCc2nn[nH]n2)cc1. The van der Waals surface area contributed by atoms with Gasteiger partial charge in [-0.25, -0.2) is 0 Å². The predicted molar refractivity (Wildman–Crippen MR) is 65.5 cm³/mol. The molecule has 1 aromatic carbocycles. The van der Waals surface area contributed by atoms with Crippen LogP contribution in [0.4, 0.5) is 5.69 Å². The molecule has 0 amide bonds. The molecule has 2 N–H and O–H groups in total. The van der Waals surface area contributed by atoms with Crippen molar-refractivity contribution in [2.75, 3.05) is 19.0 Å². The Morgan fingerprint density at radius 1 is 1.18 bits per heavy atom. The van der Waals surface area contributed by atoms with E-state index in [2.05, 4.69) is 55.1 Å². The number of H-pyrrole nitrogens is 1. The highest BCUT2D eigenvalue weighted by Gasteiger charge is 1.98. The first-order valence-corrected chi connectivity index (χ1v) is 5.45. The minimum Gasteiger partial charge on any atom is -0.378 e. The Hall–Kier alpha value is -1.95. The van der Waals surface area contributed by atoms with Crippen LogP contribution >= 0.6 is 0 Å². The number of benzene rings is 1. The van der Waals surface area contributed by atoms with Gasteiger partial charge in [0.2, 0.25) is 0 Å². The smallest absolute Gasteiger partial charge is 0.188 e. The van der Waals surface area contributed by atoms with E-state index in [-0.39, 0.29) is 0 Å². The van der Waals surface area contributed by atoms with Crippen LogP contribution in [0, 0.1) is 0 Å². The number of nitrogens with zero attached hydrogens (tertiary/aromatic N) is 4. The molecule has 0 fully saturated rings. The normalized spacial score (nSPS) is 10.5. The van der Waals surface area contributed by atoms with Gasteiger partial charge in [0.25, 0.3) is 0 Å². The molecule has 2 aromatic rings. The monoisotopic (exact) mass is 232 g/mol. The van der Waals surface area contributed by atoms with Crippen molar-refractivity contribution in [1.82, 2.24) is 25.9 Å². The third-order valence-corrected chi connectivity index (χ3v) is 2.45. The third-order valence-electron chi connectivity index (χ3n) is 2.45. The molecule has 6 nitrogen and oxygen atoms in total. The summed E-state index contributed by atoms with van der Waals surface area (Å²) in [6.07, 6.45) is 0. The molecule has 0 saturated heterocycles. The van der Waals surface area contributed by atoms with Gasteiger partial charge in [-0.2, -0.15) is 5.21 Å². The van der Waals surface area contributed by atoms with Crippen LogP contribution in [0.25, 0.3) is 0 Å². The quantitative estimate of drug-likeness (QED) is 0.788. The average molecular weight is 232 g/mol. The number of aromatic nitrogens is 4. The second-order valence-corrected chi connectivity index (χ2v) is 3.99. The maximum absolute atomic E-state index is 3.87. The van der Waals surface area contributed by atoms with Crippen LogP contribution in [-0.4, -0.2) is 34.7 Å². The van der Waals surface area contributed by atoms with Crippen LogP contribution in [0.5, 0.6) is 0 Å². The second kappa shape index (κ2) is 5.40. The Balaban J connectivity index is 1.83. The number of hydrogen-bond acceptors (Lipinski definition) is 5. The van der Waals surface area contributed by atoms with Crippen LogP contribution in [0.3, 0.4) is 0 Å². The summed E-state index contributed by atoms with van der Waals surface area (Å²) in [6.45, 7) is 1.41. The molecule has 6 heteroatoms. The topological polar surface area (TPSA) is 69.7 Å². The molecule has 0 bridgehead atoms. The highest BCUT2D eigenvalue weighted by molar-refractivity contribution is 5.45. The number of hydrogen-bond donors (Lipinski definition) is 2. The molecule has 0 aliphatic carbocycles. The van der Waals surface area contributed by atoms with Crippen LogP contribution in [-0.2, 0) is 13.1 Å². The largest absolute Gasteiger partial charge is 0.378 e. The van der Waals surface area contributed by atoms with Crippen LogP contribution < -0.4 is 10.2 Å². The van der Waals surface area contributed by atoms with Crippen molar-refractivity contribution >= 4 is 5.69 Å². The second-order valence-electron chi connectivity index (χ2n) is 3.99. The Morgan fingerprint density at radius 2 is 1.94 bits per heavy atom. The maximum atomic E-state index is 3.87. The fraction of sp³-hybridized carbons (Fsp3) is 0.364. The molecule has 1 aromatic heterocycles. The summed E-state index contributed by atoms with van der Waals surface area (Å²) in [5.41, 5.74) is 2.44. The van der Waals surface area contributed by atoms with Gasteiger partial charge in [0.1, 0.15) is 0 Å². The lowest BCUT2D eigenvalue weighted by Crippen LogP contribution is -2.14. The maximum Gasteiger partial charge on any atom is 0.188 e. The molecule has 1 heterocycles. The van der Waals surface area contributed by atoms with Crippen LogP contribution in [0.2, 0.25) is 0 Å². The molecule has 17 heavy (non-hydrogen) atoms. The van der Waals surface area contributed by atoms with Crippen molar-refractivity contribution < 1.29 is 0 Å². The molecule has 0 spiro atoms. The fourth-order valence-electron chi connectivity index (χ4n) is 1.49. The number of tetrazole rings is 1. The van der Waals surface area contributed by atoms with Crippen molar-refractivity contribution in [2.24, 2.45) is 0 Å². The van der Waals surface area contributed by atoms with Gasteiger partial charge in [-0.15, -0.1) is 10.2 Å². The lowest BCUT2D eigenvalue weighted by molar-refractivity contribution is 0.663. The molecule has 0 aliphatic rings. The third kappa shape index (κ3) is 3.25.